The predicted molar refractivity (Wildman–Crippen MR) is 84.1 cm³/mol. The van der Waals surface area contributed by atoms with Gasteiger partial charge < -0.3 is 14.1 Å². The van der Waals surface area contributed by atoms with Gasteiger partial charge in [-0.2, -0.15) is 0 Å². The minimum Gasteiger partial charge on any atom is -0.459 e. The molecule has 6 nitrogen and oxygen atoms in total. The van der Waals surface area contributed by atoms with Gasteiger partial charge in [0.1, 0.15) is 5.60 Å². The van der Waals surface area contributed by atoms with Crippen molar-refractivity contribution < 1.29 is 18.7 Å². The Balaban J connectivity index is 1.73. The van der Waals surface area contributed by atoms with Crippen molar-refractivity contribution in [2.24, 2.45) is 0 Å². The number of hydrogen-bond acceptors (Lipinski definition) is 4. The lowest BCUT2D eigenvalue weighted by molar-refractivity contribution is -0.0339. The Hall–Kier alpha value is -1.98. The van der Waals surface area contributed by atoms with Gasteiger partial charge in [-0.3, -0.25) is 9.69 Å². The number of carbonyl (C=O) groups is 2. The Morgan fingerprint density at radius 3 is 2.39 bits per heavy atom. The van der Waals surface area contributed by atoms with Gasteiger partial charge in [-0.25, -0.2) is 4.79 Å². The monoisotopic (exact) mass is 320 g/mol. The topological polar surface area (TPSA) is 63.0 Å². The van der Waals surface area contributed by atoms with Crippen molar-refractivity contribution in [1.82, 2.24) is 9.80 Å². The first kappa shape index (κ1) is 15.9. The standard InChI is InChI=1S/C17H24N2O4/c1-17(2,3)23-16(21)19-12-6-4-7-13(19)11-18(10-12)15(20)14-8-5-9-22-14/h5,8-9,12-13H,4,6-7,10-11H2,1-3H3/t12-,13-/m0/s1. The number of nitrogens with zero attached hydrogens (tertiary/aromatic N) is 2. The highest BCUT2D eigenvalue weighted by atomic mass is 16.6. The molecule has 0 aromatic carbocycles. The molecule has 2 amide bonds. The van der Waals surface area contributed by atoms with E-state index in [9.17, 15) is 9.59 Å². The molecule has 0 N–H and O–H groups in total. The first-order chi connectivity index (χ1) is 10.8. The Labute approximate surface area is 136 Å². The lowest BCUT2D eigenvalue weighted by Crippen LogP contribution is -2.64. The third kappa shape index (κ3) is 3.35. The lowest BCUT2D eigenvalue weighted by Gasteiger charge is -2.49. The lowest BCUT2D eigenvalue weighted by atomic mass is 9.91. The van der Waals surface area contributed by atoms with Crippen molar-refractivity contribution >= 4 is 12.0 Å². The molecule has 6 heteroatoms. The fourth-order valence-corrected chi connectivity index (χ4v) is 3.44. The molecule has 2 fully saturated rings. The van der Waals surface area contributed by atoms with Crippen LogP contribution in [-0.2, 0) is 4.74 Å². The molecule has 0 spiro atoms. The molecule has 3 rings (SSSR count). The number of rotatable bonds is 1. The van der Waals surface area contributed by atoms with Gasteiger partial charge in [-0.15, -0.1) is 0 Å². The highest BCUT2D eigenvalue weighted by Gasteiger charge is 2.43. The van der Waals surface area contributed by atoms with E-state index in [2.05, 4.69) is 0 Å². The highest BCUT2D eigenvalue weighted by Crippen LogP contribution is 2.31. The summed E-state index contributed by atoms with van der Waals surface area (Å²) < 4.78 is 10.8. The van der Waals surface area contributed by atoms with Crippen LogP contribution in [0.5, 0.6) is 0 Å². The Kier molecular flexibility index (Phi) is 4.08. The Morgan fingerprint density at radius 2 is 1.87 bits per heavy atom. The molecule has 1 aromatic rings. The second-order valence-electron chi connectivity index (χ2n) is 7.31. The Morgan fingerprint density at radius 1 is 1.22 bits per heavy atom. The molecule has 2 aliphatic heterocycles. The van der Waals surface area contributed by atoms with Gasteiger partial charge >= 0.3 is 6.09 Å². The minimum atomic E-state index is -0.507. The van der Waals surface area contributed by atoms with Crippen LogP contribution < -0.4 is 0 Å². The van der Waals surface area contributed by atoms with Crippen LogP contribution in [0.1, 0.15) is 50.6 Å². The number of furan rings is 1. The number of piperidine rings is 1. The number of piperazine rings is 1. The summed E-state index contributed by atoms with van der Waals surface area (Å²) in [7, 11) is 0. The second kappa shape index (κ2) is 5.91. The third-order valence-electron chi connectivity index (χ3n) is 4.35. The summed E-state index contributed by atoms with van der Waals surface area (Å²) in [5, 5.41) is 0. The summed E-state index contributed by atoms with van der Waals surface area (Å²) in [6.45, 7) is 6.69. The summed E-state index contributed by atoms with van der Waals surface area (Å²) >= 11 is 0. The SMILES string of the molecule is CC(C)(C)OC(=O)N1[C@H]2CCC[C@H]1CN(C(=O)c1ccco1)C2. The van der Waals surface area contributed by atoms with Crippen molar-refractivity contribution in [3.05, 3.63) is 24.2 Å². The fraction of sp³-hybridized carbons (Fsp3) is 0.647. The van der Waals surface area contributed by atoms with Crippen LogP contribution in [0.4, 0.5) is 4.79 Å². The van der Waals surface area contributed by atoms with E-state index in [1.165, 1.54) is 6.26 Å². The molecule has 0 saturated carbocycles. The van der Waals surface area contributed by atoms with E-state index in [4.69, 9.17) is 9.15 Å². The van der Waals surface area contributed by atoms with E-state index in [0.29, 0.717) is 18.8 Å². The van der Waals surface area contributed by atoms with Crippen molar-refractivity contribution in [3.63, 3.8) is 0 Å². The summed E-state index contributed by atoms with van der Waals surface area (Å²) in [5.74, 6) is 0.254. The van der Waals surface area contributed by atoms with E-state index in [1.807, 2.05) is 25.7 Å². The molecule has 1 aromatic heterocycles. The molecule has 23 heavy (non-hydrogen) atoms. The number of hydrogen-bond donors (Lipinski definition) is 0. The molecule has 0 aliphatic carbocycles. The summed E-state index contributed by atoms with van der Waals surface area (Å²) in [4.78, 5) is 28.7. The first-order valence-corrected chi connectivity index (χ1v) is 8.19. The van der Waals surface area contributed by atoms with Gasteiger partial charge in [0.25, 0.3) is 5.91 Å². The largest absolute Gasteiger partial charge is 0.459 e. The predicted octanol–water partition coefficient (Wildman–Crippen LogP) is 2.89. The maximum atomic E-state index is 12.5. The molecule has 2 saturated heterocycles. The molecular formula is C17H24N2O4. The molecule has 2 aliphatic rings. The van der Waals surface area contributed by atoms with E-state index in [0.717, 1.165) is 19.3 Å². The van der Waals surface area contributed by atoms with Gasteiger partial charge in [-0.1, -0.05) is 0 Å². The second-order valence-corrected chi connectivity index (χ2v) is 7.31. The van der Waals surface area contributed by atoms with Crippen LogP contribution in [0.2, 0.25) is 0 Å². The quantitative estimate of drug-likeness (QED) is 0.798. The molecular weight excluding hydrogens is 296 g/mol. The van der Waals surface area contributed by atoms with E-state index < -0.39 is 5.60 Å². The van der Waals surface area contributed by atoms with Gasteiger partial charge in [0.2, 0.25) is 0 Å². The van der Waals surface area contributed by atoms with Crippen LogP contribution in [0.15, 0.2) is 22.8 Å². The smallest absolute Gasteiger partial charge is 0.410 e. The van der Waals surface area contributed by atoms with Crippen molar-refractivity contribution in [2.45, 2.75) is 57.7 Å². The molecule has 0 unspecified atom stereocenters. The maximum Gasteiger partial charge on any atom is 0.410 e. The van der Waals surface area contributed by atoms with Gasteiger partial charge in [0, 0.05) is 13.1 Å². The summed E-state index contributed by atoms with van der Waals surface area (Å²) in [5.41, 5.74) is -0.507. The van der Waals surface area contributed by atoms with Crippen molar-refractivity contribution in [3.8, 4) is 0 Å². The zero-order valence-electron chi connectivity index (χ0n) is 13.9. The normalized spacial score (nSPS) is 24.5. The molecule has 0 radical (unpaired) electrons. The zero-order chi connectivity index (χ0) is 16.6. The van der Waals surface area contributed by atoms with E-state index in [-0.39, 0.29) is 24.1 Å². The average Bonchev–Trinajstić information content (AvgIpc) is 2.97. The first-order valence-electron chi connectivity index (χ1n) is 8.19. The van der Waals surface area contributed by atoms with Gasteiger partial charge in [0.05, 0.1) is 18.3 Å². The number of ether oxygens (including phenoxy) is 1. The minimum absolute atomic E-state index is 0.0243. The zero-order valence-corrected chi connectivity index (χ0v) is 13.9. The van der Waals surface area contributed by atoms with Crippen LogP contribution in [0.25, 0.3) is 0 Å². The van der Waals surface area contributed by atoms with Crippen LogP contribution in [-0.4, -0.2) is 52.6 Å². The summed E-state index contributed by atoms with van der Waals surface area (Å²) in [6.07, 6.45) is 4.12. The molecule has 2 atom stereocenters. The van der Waals surface area contributed by atoms with E-state index in [1.54, 1.807) is 17.0 Å². The number of fused-ring (bicyclic) bond motifs is 2. The highest BCUT2D eigenvalue weighted by molar-refractivity contribution is 5.91. The van der Waals surface area contributed by atoms with Crippen LogP contribution >= 0.6 is 0 Å². The average molecular weight is 320 g/mol. The van der Waals surface area contributed by atoms with Crippen LogP contribution in [0.3, 0.4) is 0 Å². The number of amides is 2. The van der Waals surface area contributed by atoms with Gasteiger partial charge in [-0.05, 0) is 52.2 Å². The number of carbonyl (C=O) groups excluding carboxylic acids is 2. The molecule has 3 heterocycles. The van der Waals surface area contributed by atoms with Crippen molar-refractivity contribution in [2.75, 3.05) is 13.1 Å². The fourth-order valence-electron chi connectivity index (χ4n) is 3.44. The molecule has 2 bridgehead atoms. The van der Waals surface area contributed by atoms with E-state index >= 15 is 0 Å². The van der Waals surface area contributed by atoms with Gasteiger partial charge in [0.15, 0.2) is 5.76 Å². The molecule has 126 valence electrons. The summed E-state index contributed by atoms with van der Waals surface area (Å²) in [6, 6.07) is 3.44. The number of likely N-dealkylation sites (tertiary alicyclic amines) is 1. The maximum absolute atomic E-state index is 12.5. The Bertz CT molecular complexity index is 562. The third-order valence-corrected chi connectivity index (χ3v) is 4.35. The van der Waals surface area contributed by atoms with Crippen LogP contribution in [0, 0.1) is 0 Å². The van der Waals surface area contributed by atoms with Crippen molar-refractivity contribution in [1.29, 1.82) is 0 Å².